The quantitative estimate of drug-likeness (QED) is 0.768. The van der Waals surface area contributed by atoms with E-state index in [0.29, 0.717) is 0 Å². The number of benzene rings is 1. The van der Waals surface area contributed by atoms with Crippen molar-refractivity contribution in [3.8, 4) is 0 Å². The minimum absolute atomic E-state index is 0.825. The predicted octanol–water partition coefficient (Wildman–Crippen LogP) is 5.25. The smallest absolute Gasteiger partial charge is 0.0709 e. The van der Waals surface area contributed by atoms with Crippen molar-refractivity contribution in [3.63, 3.8) is 0 Å². The van der Waals surface area contributed by atoms with E-state index in [-0.39, 0.29) is 0 Å². The van der Waals surface area contributed by atoms with Crippen LogP contribution in [0.5, 0.6) is 0 Å². The summed E-state index contributed by atoms with van der Waals surface area (Å²) in [6.07, 6.45) is 2.05. The maximum Gasteiger partial charge on any atom is 0.0709 e. The third-order valence-corrected chi connectivity index (χ3v) is 4.05. The zero-order valence-electron chi connectivity index (χ0n) is 16.4. The van der Waals surface area contributed by atoms with Crippen LogP contribution in [-0.2, 0) is 17.6 Å². The Morgan fingerprint density at radius 3 is 2.21 bits per heavy atom. The molecule has 0 radical (unpaired) electrons. The molecule has 24 heavy (non-hydrogen) atoms. The van der Waals surface area contributed by atoms with Crippen LogP contribution in [0.2, 0.25) is 0 Å². The largest absolute Gasteiger partial charge is 0.378 e. The van der Waals surface area contributed by atoms with Gasteiger partial charge in [-0.25, -0.2) is 0 Å². The minimum Gasteiger partial charge on any atom is -0.378 e. The Balaban J connectivity index is 0.000000671. The summed E-state index contributed by atoms with van der Waals surface area (Å²) in [6, 6.07) is 8.91. The van der Waals surface area contributed by atoms with Crippen molar-refractivity contribution in [3.05, 3.63) is 35.5 Å². The second-order valence-corrected chi connectivity index (χ2v) is 5.28. The Morgan fingerprint density at radius 1 is 0.958 bits per heavy atom. The lowest BCUT2D eigenvalue weighted by atomic mass is 10.0. The van der Waals surface area contributed by atoms with Gasteiger partial charge in [0.25, 0.3) is 0 Å². The van der Waals surface area contributed by atoms with Crippen LogP contribution in [0.3, 0.4) is 0 Å². The molecule has 0 spiro atoms. The lowest BCUT2D eigenvalue weighted by Crippen LogP contribution is -2.36. The second-order valence-electron chi connectivity index (χ2n) is 5.28. The Bertz CT molecular complexity index is 604. The lowest BCUT2D eigenvalue weighted by Gasteiger charge is -2.29. The summed E-state index contributed by atoms with van der Waals surface area (Å²) in [5, 5.41) is 1.30. The van der Waals surface area contributed by atoms with Gasteiger partial charge in [0.15, 0.2) is 0 Å². The summed E-state index contributed by atoms with van der Waals surface area (Å²) in [4.78, 5) is 7.14. The molecule has 1 aliphatic rings. The summed E-state index contributed by atoms with van der Waals surface area (Å²) in [7, 11) is 0. The molecular weight excluding hydrogens is 296 g/mol. The highest BCUT2D eigenvalue weighted by Crippen LogP contribution is 2.26. The number of anilines is 1. The number of aryl methyl sites for hydroxylation is 2. The fourth-order valence-electron chi connectivity index (χ4n) is 2.84. The normalized spacial score (nSPS) is 13.7. The van der Waals surface area contributed by atoms with Crippen LogP contribution >= 0.6 is 0 Å². The van der Waals surface area contributed by atoms with Gasteiger partial charge in [0.2, 0.25) is 0 Å². The summed E-state index contributed by atoms with van der Waals surface area (Å²) in [5.41, 5.74) is 5.01. The van der Waals surface area contributed by atoms with Gasteiger partial charge in [-0.05, 0) is 42.7 Å². The van der Waals surface area contributed by atoms with Gasteiger partial charge in [-0.15, -0.1) is 0 Å². The van der Waals surface area contributed by atoms with Crippen molar-refractivity contribution >= 4 is 16.6 Å². The van der Waals surface area contributed by atoms with Crippen molar-refractivity contribution in [1.29, 1.82) is 0 Å². The monoisotopic (exact) mass is 330 g/mol. The van der Waals surface area contributed by atoms with Crippen LogP contribution in [0.1, 0.15) is 52.8 Å². The van der Waals surface area contributed by atoms with Gasteiger partial charge >= 0.3 is 0 Å². The minimum atomic E-state index is 0.825. The first-order chi connectivity index (χ1) is 11.8. The van der Waals surface area contributed by atoms with Crippen molar-refractivity contribution in [2.24, 2.45) is 0 Å². The number of aromatic nitrogens is 1. The molecule has 1 aromatic heterocycles. The first-order valence-corrected chi connectivity index (χ1v) is 9.57. The number of morpholine rings is 1. The summed E-state index contributed by atoms with van der Waals surface area (Å²) in [5.74, 6) is 0. The Kier molecular flexibility index (Phi) is 9.39. The van der Waals surface area contributed by atoms with E-state index >= 15 is 0 Å². The van der Waals surface area contributed by atoms with Crippen LogP contribution in [0.25, 0.3) is 10.9 Å². The van der Waals surface area contributed by atoms with E-state index in [1.807, 2.05) is 27.7 Å². The maximum absolute atomic E-state index is 5.43. The number of hydrogen-bond acceptors (Lipinski definition) is 3. The number of nitrogens with zero attached hydrogens (tertiary/aromatic N) is 2. The van der Waals surface area contributed by atoms with Gasteiger partial charge < -0.3 is 9.64 Å². The van der Waals surface area contributed by atoms with Crippen LogP contribution < -0.4 is 4.90 Å². The summed E-state index contributed by atoms with van der Waals surface area (Å²) in [6.45, 7) is 16.0. The van der Waals surface area contributed by atoms with E-state index in [2.05, 4.69) is 43.0 Å². The fourth-order valence-corrected chi connectivity index (χ4v) is 2.84. The van der Waals surface area contributed by atoms with E-state index in [9.17, 15) is 0 Å². The number of ether oxygens (including phenoxy) is 1. The average molecular weight is 331 g/mol. The molecule has 0 saturated carbocycles. The molecular formula is C21H34N2O. The third-order valence-electron chi connectivity index (χ3n) is 4.05. The average Bonchev–Trinajstić information content (AvgIpc) is 2.70. The molecule has 3 heteroatoms. The van der Waals surface area contributed by atoms with E-state index in [4.69, 9.17) is 9.72 Å². The van der Waals surface area contributed by atoms with Crippen LogP contribution in [0.15, 0.2) is 24.3 Å². The molecule has 134 valence electrons. The number of pyridine rings is 1. The second kappa shape index (κ2) is 11.0. The number of rotatable bonds is 3. The predicted molar refractivity (Wildman–Crippen MR) is 106 cm³/mol. The molecule has 1 saturated heterocycles. The molecule has 1 fully saturated rings. The molecule has 0 unspecified atom stereocenters. The molecule has 0 amide bonds. The highest BCUT2D eigenvalue weighted by molar-refractivity contribution is 5.86. The topological polar surface area (TPSA) is 25.4 Å². The number of fused-ring (bicyclic) bond motifs is 1. The number of hydrogen-bond donors (Lipinski definition) is 0. The Hall–Kier alpha value is -1.61. The molecule has 1 aliphatic heterocycles. The molecule has 3 nitrogen and oxygen atoms in total. The Morgan fingerprint density at radius 2 is 1.62 bits per heavy atom. The third kappa shape index (κ3) is 4.94. The Labute approximate surface area is 148 Å². The van der Waals surface area contributed by atoms with Crippen molar-refractivity contribution in [2.75, 3.05) is 31.2 Å². The molecule has 0 bridgehead atoms. The van der Waals surface area contributed by atoms with E-state index in [0.717, 1.165) is 44.7 Å². The van der Waals surface area contributed by atoms with Crippen molar-refractivity contribution in [2.45, 2.75) is 54.4 Å². The zero-order chi connectivity index (χ0) is 17.9. The molecule has 0 atom stereocenters. The van der Waals surface area contributed by atoms with Gasteiger partial charge in [0.05, 0.1) is 18.7 Å². The van der Waals surface area contributed by atoms with Crippen LogP contribution in [-0.4, -0.2) is 31.3 Å². The van der Waals surface area contributed by atoms with Gasteiger partial charge in [0.1, 0.15) is 0 Å². The van der Waals surface area contributed by atoms with Gasteiger partial charge in [-0.3, -0.25) is 4.98 Å². The molecule has 1 aromatic carbocycles. The molecule has 0 N–H and O–H groups in total. The van der Waals surface area contributed by atoms with Gasteiger partial charge in [-0.2, -0.15) is 0 Å². The summed E-state index contributed by atoms with van der Waals surface area (Å²) < 4.78 is 5.43. The highest BCUT2D eigenvalue weighted by Gasteiger charge is 2.13. The first-order valence-electron chi connectivity index (χ1n) is 9.57. The lowest BCUT2D eigenvalue weighted by molar-refractivity contribution is 0.122. The molecule has 2 aromatic rings. The molecule has 2 heterocycles. The van der Waals surface area contributed by atoms with Gasteiger partial charge in [0, 0.05) is 29.9 Å². The van der Waals surface area contributed by atoms with Crippen LogP contribution in [0, 0.1) is 0 Å². The van der Waals surface area contributed by atoms with E-state index in [1.54, 1.807) is 0 Å². The van der Waals surface area contributed by atoms with Gasteiger partial charge in [-0.1, -0.05) is 41.5 Å². The van der Waals surface area contributed by atoms with Crippen molar-refractivity contribution in [1.82, 2.24) is 4.98 Å². The van der Waals surface area contributed by atoms with E-state index in [1.165, 1.54) is 22.3 Å². The molecule has 0 aliphatic carbocycles. The van der Waals surface area contributed by atoms with E-state index < -0.39 is 0 Å². The summed E-state index contributed by atoms with van der Waals surface area (Å²) >= 11 is 0. The maximum atomic E-state index is 5.43. The molecule has 3 rings (SSSR count). The van der Waals surface area contributed by atoms with Crippen molar-refractivity contribution < 1.29 is 4.74 Å². The first kappa shape index (κ1) is 20.4. The van der Waals surface area contributed by atoms with Crippen LogP contribution in [0.4, 0.5) is 5.69 Å². The standard InChI is InChI=1S/C17H22N2O.2C2H6/c1-3-13-11-14(4-2)18-17-6-5-15(12-16(13)17)19-7-9-20-10-8-19;2*1-2/h5-6,11-12H,3-4,7-10H2,1-2H3;2*1-2H3. The highest BCUT2D eigenvalue weighted by atomic mass is 16.5. The SMILES string of the molecule is CC.CC.CCc1cc(CC)c2cc(N3CCOCC3)ccc2n1. The fraction of sp³-hybridized carbons (Fsp3) is 0.571. The zero-order valence-corrected chi connectivity index (χ0v) is 16.4.